The third-order valence-electron chi connectivity index (χ3n) is 13.7. The monoisotopic (exact) mass is 868 g/mol. The number of fused-ring (bicyclic) bond motifs is 7. The second-order valence-electron chi connectivity index (χ2n) is 17.8. The van der Waals surface area contributed by atoms with Gasteiger partial charge in [0, 0.05) is 44.0 Å². The van der Waals surface area contributed by atoms with Crippen LogP contribution in [0.4, 0.5) is 11.4 Å². The van der Waals surface area contributed by atoms with E-state index < -0.39 is 0 Å². The van der Waals surface area contributed by atoms with E-state index in [1.807, 2.05) is 6.07 Å². The van der Waals surface area contributed by atoms with E-state index in [9.17, 15) is 0 Å². The molecule has 3 nitrogen and oxygen atoms in total. The summed E-state index contributed by atoms with van der Waals surface area (Å²) in [7, 11) is 0. The van der Waals surface area contributed by atoms with Gasteiger partial charge in [-0.05, 0) is 128 Å². The number of hydrogen-bond donors (Lipinski definition) is 1. The molecule has 0 aliphatic rings. The average molecular weight is 869 g/mol. The molecule has 0 saturated heterocycles. The lowest BCUT2D eigenvalue weighted by Gasteiger charge is -2.18. The highest BCUT2D eigenvalue weighted by Crippen LogP contribution is 2.44. The molecule has 13 aromatic rings. The first-order valence-corrected chi connectivity index (χ1v) is 23.3. The fraction of sp³-hybridized carbons (Fsp3) is 0.0154. The second-order valence-corrected chi connectivity index (χ2v) is 17.8. The van der Waals surface area contributed by atoms with Gasteiger partial charge in [0.2, 0.25) is 0 Å². The predicted molar refractivity (Wildman–Crippen MR) is 287 cm³/mol. The van der Waals surface area contributed by atoms with Crippen LogP contribution in [0.5, 0.6) is 0 Å². The molecule has 0 aliphatic carbocycles. The van der Waals surface area contributed by atoms with E-state index in [0.717, 1.165) is 66.7 Å². The summed E-state index contributed by atoms with van der Waals surface area (Å²) in [5.41, 5.74) is 20.2. The molecule has 0 spiro atoms. The number of furan rings is 1. The number of aromatic nitrogens is 1. The Morgan fingerprint density at radius 3 is 1.76 bits per heavy atom. The van der Waals surface area contributed by atoms with E-state index in [2.05, 4.69) is 253 Å². The Morgan fingerprint density at radius 1 is 0.338 bits per heavy atom. The van der Waals surface area contributed by atoms with Crippen molar-refractivity contribution in [2.75, 3.05) is 5.32 Å². The third kappa shape index (κ3) is 6.67. The van der Waals surface area contributed by atoms with Crippen LogP contribution >= 0.6 is 0 Å². The summed E-state index contributed by atoms with van der Waals surface area (Å²) < 4.78 is 9.06. The summed E-state index contributed by atoms with van der Waals surface area (Å²) in [5.74, 6) is 0. The molecular weight excluding hydrogens is 825 g/mol. The highest BCUT2D eigenvalue weighted by molar-refractivity contribution is 6.12. The molecule has 68 heavy (non-hydrogen) atoms. The van der Waals surface area contributed by atoms with Crippen LogP contribution in [-0.2, 0) is 0 Å². The molecule has 0 aliphatic heterocycles. The largest absolute Gasteiger partial charge is 0.455 e. The van der Waals surface area contributed by atoms with Gasteiger partial charge in [0.15, 0.2) is 0 Å². The molecule has 2 aromatic heterocycles. The maximum Gasteiger partial charge on any atom is 0.143 e. The molecule has 0 amide bonds. The van der Waals surface area contributed by atoms with E-state index in [4.69, 9.17) is 4.42 Å². The molecule has 3 heteroatoms. The van der Waals surface area contributed by atoms with Crippen molar-refractivity contribution in [1.82, 2.24) is 4.57 Å². The van der Waals surface area contributed by atoms with Crippen molar-refractivity contribution in [3.8, 4) is 61.3 Å². The number of benzene rings is 11. The average Bonchev–Trinajstić information content (AvgIpc) is 3.95. The van der Waals surface area contributed by atoms with E-state index >= 15 is 0 Å². The number of anilines is 2. The molecule has 320 valence electrons. The van der Waals surface area contributed by atoms with Gasteiger partial charge in [-0.25, -0.2) is 0 Å². The standard InChI is InChI=1S/C65H44N2O/c1-42-16-2-4-20-50(42)60-40-47(38-46-17-3-5-21-51(46)60)59-41-49(36-37-53(59)57-26-15-27-58-56-25-9-13-31-64(56)68-65(57)58)66-48-19-14-18-45(39-48)43-32-34-44(35-33-43)52-22-6-10-28-61(52)67-62-29-11-7-23-54(62)55-24-8-12-30-63(55)67/h2-41,66H,1H3. The molecule has 2 heterocycles. The van der Waals surface area contributed by atoms with Gasteiger partial charge in [-0.3, -0.25) is 0 Å². The zero-order valence-electron chi connectivity index (χ0n) is 37.4. The topological polar surface area (TPSA) is 30.1 Å². The van der Waals surface area contributed by atoms with Gasteiger partial charge in [-0.2, -0.15) is 0 Å². The highest BCUT2D eigenvalue weighted by atomic mass is 16.3. The fourth-order valence-corrected chi connectivity index (χ4v) is 10.5. The van der Waals surface area contributed by atoms with Gasteiger partial charge in [-0.15, -0.1) is 0 Å². The van der Waals surface area contributed by atoms with Gasteiger partial charge in [0.25, 0.3) is 0 Å². The quantitative estimate of drug-likeness (QED) is 0.165. The summed E-state index contributed by atoms with van der Waals surface area (Å²) in [6, 6.07) is 87.6. The predicted octanol–water partition coefficient (Wildman–Crippen LogP) is 18.2. The van der Waals surface area contributed by atoms with Crippen LogP contribution in [0.3, 0.4) is 0 Å². The summed E-state index contributed by atoms with van der Waals surface area (Å²) in [5, 5.41) is 11.0. The fourth-order valence-electron chi connectivity index (χ4n) is 10.5. The summed E-state index contributed by atoms with van der Waals surface area (Å²) in [6.07, 6.45) is 0. The Balaban J connectivity index is 0.887. The smallest absolute Gasteiger partial charge is 0.143 e. The SMILES string of the molecule is Cc1ccccc1-c1cc(-c2cc(Nc3cccc(-c4ccc(-c5ccccc5-n5c6ccccc6c6ccccc65)cc4)c3)ccc2-c2cccc3c2oc2ccccc23)cc2ccccc12. The van der Waals surface area contributed by atoms with Crippen molar-refractivity contribution in [2.45, 2.75) is 6.92 Å². The minimum Gasteiger partial charge on any atom is -0.455 e. The zero-order chi connectivity index (χ0) is 45.1. The van der Waals surface area contributed by atoms with Crippen LogP contribution in [0.15, 0.2) is 247 Å². The Kier molecular flexibility index (Phi) is 9.40. The number of hydrogen-bond acceptors (Lipinski definition) is 2. The maximum absolute atomic E-state index is 6.66. The van der Waals surface area contributed by atoms with Crippen LogP contribution < -0.4 is 5.32 Å². The van der Waals surface area contributed by atoms with E-state index in [1.165, 1.54) is 66.1 Å². The number of aryl methyl sites for hydroxylation is 1. The molecule has 13 rings (SSSR count). The summed E-state index contributed by atoms with van der Waals surface area (Å²) in [4.78, 5) is 0. The Hall–Kier alpha value is -8.92. The van der Waals surface area contributed by atoms with Crippen molar-refractivity contribution in [3.63, 3.8) is 0 Å². The Bertz CT molecular complexity index is 4020. The van der Waals surface area contributed by atoms with Crippen LogP contribution in [0.2, 0.25) is 0 Å². The van der Waals surface area contributed by atoms with Crippen molar-refractivity contribution in [1.29, 1.82) is 0 Å². The van der Waals surface area contributed by atoms with Gasteiger partial charge < -0.3 is 14.3 Å². The zero-order valence-corrected chi connectivity index (χ0v) is 37.4. The van der Waals surface area contributed by atoms with Gasteiger partial charge >= 0.3 is 0 Å². The van der Waals surface area contributed by atoms with Crippen molar-refractivity contribution in [2.24, 2.45) is 0 Å². The first-order valence-electron chi connectivity index (χ1n) is 23.3. The molecule has 11 aromatic carbocycles. The molecule has 0 radical (unpaired) electrons. The molecule has 0 unspecified atom stereocenters. The number of nitrogens with zero attached hydrogens (tertiary/aromatic N) is 1. The normalized spacial score (nSPS) is 11.6. The first kappa shape index (κ1) is 39.4. The second kappa shape index (κ2) is 16.2. The summed E-state index contributed by atoms with van der Waals surface area (Å²) in [6.45, 7) is 2.20. The van der Waals surface area contributed by atoms with Crippen LogP contribution in [0.25, 0.3) is 116 Å². The van der Waals surface area contributed by atoms with Crippen molar-refractivity contribution in [3.05, 3.63) is 248 Å². The molecule has 0 fully saturated rings. The molecular formula is C65H44N2O. The Morgan fingerprint density at radius 2 is 0.956 bits per heavy atom. The lowest BCUT2D eigenvalue weighted by molar-refractivity contribution is 0.670. The third-order valence-corrected chi connectivity index (χ3v) is 13.7. The van der Waals surface area contributed by atoms with Crippen molar-refractivity contribution < 1.29 is 4.42 Å². The molecule has 0 bridgehead atoms. The maximum atomic E-state index is 6.66. The van der Waals surface area contributed by atoms with Crippen LogP contribution in [0.1, 0.15) is 5.56 Å². The van der Waals surface area contributed by atoms with Crippen LogP contribution in [-0.4, -0.2) is 4.57 Å². The summed E-state index contributed by atoms with van der Waals surface area (Å²) >= 11 is 0. The van der Waals surface area contributed by atoms with Gasteiger partial charge in [0.1, 0.15) is 11.2 Å². The highest BCUT2D eigenvalue weighted by Gasteiger charge is 2.19. The number of para-hydroxylation sites is 5. The molecule has 0 atom stereocenters. The minimum absolute atomic E-state index is 0.890. The first-order chi connectivity index (χ1) is 33.6. The van der Waals surface area contributed by atoms with E-state index in [1.54, 1.807) is 0 Å². The molecule has 0 saturated carbocycles. The van der Waals surface area contributed by atoms with Gasteiger partial charge in [-0.1, -0.05) is 182 Å². The Labute approximate surface area is 394 Å². The molecule has 1 N–H and O–H groups in total. The number of rotatable bonds is 8. The number of nitrogens with one attached hydrogen (secondary N) is 1. The van der Waals surface area contributed by atoms with Crippen LogP contribution in [0, 0.1) is 6.92 Å². The van der Waals surface area contributed by atoms with Gasteiger partial charge in [0.05, 0.1) is 16.7 Å². The van der Waals surface area contributed by atoms with Crippen molar-refractivity contribution >= 4 is 65.9 Å². The van der Waals surface area contributed by atoms with E-state index in [0.29, 0.717) is 0 Å². The van der Waals surface area contributed by atoms with E-state index in [-0.39, 0.29) is 0 Å². The lowest BCUT2D eigenvalue weighted by atomic mass is 9.88. The lowest BCUT2D eigenvalue weighted by Crippen LogP contribution is -1.97. The minimum atomic E-state index is 0.890.